The molecule has 2 aromatic heterocycles. The van der Waals surface area contributed by atoms with Crippen LogP contribution in [0, 0.1) is 0 Å². The van der Waals surface area contributed by atoms with Gasteiger partial charge in [-0.3, -0.25) is 20.0 Å². The molecule has 2 N–H and O–H groups in total. The highest BCUT2D eigenvalue weighted by Crippen LogP contribution is 2.38. The van der Waals surface area contributed by atoms with E-state index in [1.165, 1.54) is 36.9 Å². The second-order valence-electron chi connectivity index (χ2n) is 8.19. The van der Waals surface area contributed by atoms with Crippen molar-refractivity contribution in [1.29, 1.82) is 0 Å². The molecule has 8 heteroatoms. The summed E-state index contributed by atoms with van der Waals surface area (Å²) in [6, 6.07) is 0. The van der Waals surface area contributed by atoms with Gasteiger partial charge in [-0.25, -0.2) is 4.98 Å². The van der Waals surface area contributed by atoms with Crippen LogP contribution in [0.4, 0.5) is 0 Å². The number of piperidine rings is 1. The lowest BCUT2D eigenvalue weighted by molar-refractivity contribution is 0.0339. The predicted molar refractivity (Wildman–Crippen MR) is 100 cm³/mol. The normalized spacial score (nSPS) is 25.1. The molecule has 1 saturated carbocycles. The van der Waals surface area contributed by atoms with Crippen molar-refractivity contribution in [2.75, 3.05) is 39.4 Å². The van der Waals surface area contributed by atoms with E-state index in [1.807, 2.05) is 6.20 Å². The molecule has 3 fully saturated rings. The van der Waals surface area contributed by atoms with E-state index in [2.05, 4.69) is 30.2 Å². The zero-order chi connectivity index (χ0) is 18.1. The van der Waals surface area contributed by atoms with E-state index in [4.69, 9.17) is 9.72 Å². The third-order valence-electron chi connectivity index (χ3n) is 6.03. The van der Waals surface area contributed by atoms with Crippen LogP contribution < -0.4 is 0 Å². The molecule has 1 unspecified atom stereocenters. The van der Waals surface area contributed by atoms with Crippen molar-refractivity contribution >= 4 is 0 Å². The van der Waals surface area contributed by atoms with Crippen LogP contribution in [0.3, 0.4) is 0 Å². The first-order chi connectivity index (χ1) is 13.3. The number of rotatable bonds is 6. The lowest BCUT2D eigenvalue weighted by atomic mass is 9.92. The molecule has 2 aromatic rings. The minimum Gasteiger partial charge on any atom is -0.379 e. The third kappa shape index (κ3) is 4.07. The number of hydrogen-bond donors (Lipinski definition) is 2. The molecular formula is C19H29N7O. The van der Waals surface area contributed by atoms with Crippen molar-refractivity contribution in [2.24, 2.45) is 0 Å². The number of ether oxygens (including phenoxy) is 1. The van der Waals surface area contributed by atoms with Gasteiger partial charge in [0.15, 0.2) is 5.82 Å². The Bertz CT molecular complexity index is 747. The first kappa shape index (κ1) is 17.3. The molecule has 3 aliphatic rings. The zero-order valence-electron chi connectivity index (χ0n) is 15.9. The smallest absolute Gasteiger partial charge is 0.153 e. The topological polar surface area (TPSA) is 86.0 Å². The van der Waals surface area contributed by atoms with Crippen molar-refractivity contribution in [2.45, 2.75) is 50.6 Å². The summed E-state index contributed by atoms with van der Waals surface area (Å²) in [4.78, 5) is 9.67. The molecule has 0 aromatic carbocycles. The number of H-pyrrole nitrogens is 2. The lowest BCUT2D eigenvalue weighted by Gasteiger charge is -2.32. The van der Waals surface area contributed by atoms with E-state index in [0.717, 1.165) is 64.1 Å². The molecule has 4 heterocycles. The monoisotopic (exact) mass is 371 g/mol. The van der Waals surface area contributed by atoms with Crippen molar-refractivity contribution in [3.05, 3.63) is 29.1 Å². The summed E-state index contributed by atoms with van der Waals surface area (Å²) in [7, 11) is 0. The van der Waals surface area contributed by atoms with Gasteiger partial charge in [0.25, 0.3) is 0 Å². The van der Waals surface area contributed by atoms with Gasteiger partial charge in [-0.2, -0.15) is 10.2 Å². The van der Waals surface area contributed by atoms with Crippen molar-refractivity contribution in [3.8, 4) is 0 Å². The SMILES string of the molecule is c1n[nH]c(C2CCCN(Cc3nc(C4CC4)n[nH]3)C2)c1CN1CCOCC1. The number of likely N-dealkylation sites (tertiary alicyclic amines) is 1. The van der Waals surface area contributed by atoms with E-state index in [1.54, 1.807) is 0 Å². The molecule has 0 amide bonds. The Balaban J connectivity index is 1.22. The van der Waals surface area contributed by atoms with Crippen LogP contribution >= 0.6 is 0 Å². The summed E-state index contributed by atoms with van der Waals surface area (Å²) >= 11 is 0. The van der Waals surface area contributed by atoms with E-state index in [9.17, 15) is 0 Å². The van der Waals surface area contributed by atoms with E-state index >= 15 is 0 Å². The molecule has 27 heavy (non-hydrogen) atoms. The van der Waals surface area contributed by atoms with Crippen molar-refractivity contribution < 1.29 is 4.74 Å². The molecule has 8 nitrogen and oxygen atoms in total. The van der Waals surface area contributed by atoms with E-state index < -0.39 is 0 Å². The van der Waals surface area contributed by atoms with Gasteiger partial charge in [-0.1, -0.05) is 0 Å². The van der Waals surface area contributed by atoms with Crippen LogP contribution in [-0.2, 0) is 17.8 Å². The molecule has 146 valence electrons. The van der Waals surface area contributed by atoms with Crippen LogP contribution in [0.2, 0.25) is 0 Å². The maximum absolute atomic E-state index is 5.47. The predicted octanol–water partition coefficient (Wildman–Crippen LogP) is 1.62. The minimum absolute atomic E-state index is 0.517. The molecule has 2 aliphatic heterocycles. The Morgan fingerprint density at radius 1 is 1.00 bits per heavy atom. The highest BCUT2D eigenvalue weighted by molar-refractivity contribution is 5.21. The summed E-state index contributed by atoms with van der Waals surface area (Å²) in [6.45, 7) is 7.71. The van der Waals surface area contributed by atoms with Crippen LogP contribution in [0.25, 0.3) is 0 Å². The molecule has 1 aliphatic carbocycles. The first-order valence-electron chi connectivity index (χ1n) is 10.3. The van der Waals surface area contributed by atoms with Gasteiger partial charge < -0.3 is 4.74 Å². The Morgan fingerprint density at radius 3 is 2.74 bits per heavy atom. The van der Waals surface area contributed by atoms with Gasteiger partial charge in [-0.15, -0.1) is 0 Å². The van der Waals surface area contributed by atoms with E-state index in [0.29, 0.717) is 11.8 Å². The summed E-state index contributed by atoms with van der Waals surface area (Å²) in [5, 5.41) is 15.2. The van der Waals surface area contributed by atoms with Crippen LogP contribution in [0.1, 0.15) is 60.4 Å². The average molecular weight is 371 g/mol. The maximum atomic E-state index is 5.47. The Hall–Kier alpha value is -1.77. The quantitative estimate of drug-likeness (QED) is 0.802. The molecule has 2 saturated heterocycles. The molecule has 1 atom stereocenters. The number of hydrogen-bond acceptors (Lipinski definition) is 6. The second kappa shape index (κ2) is 7.69. The fourth-order valence-electron chi connectivity index (χ4n) is 4.35. The van der Waals surface area contributed by atoms with Crippen LogP contribution in [-0.4, -0.2) is 74.6 Å². The third-order valence-corrected chi connectivity index (χ3v) is 6.03. The Kier molecular flexibility index (Phi) is 4.94. The molecular weight excluding hydrogens is 342 g/mol. The number of aromatic amines is 2. The Morgan fingerprint density at radius 2 is 1.89 bits per heavy atom. The van der Waals surface area contributed by atoms with Gasteiger partial charge >= 0.3 is 0 Å². The van der Waals surface area contributed by atoms with Crippen LogP contribution in [0.15, 0.2) is 6.20 Å². The number of nitrogens with zero attached hydrogens (tertiary/aromatic N) is 5. The summed E-state index contributed by atoms with van der Waals surface area (Å²) in [6.07, 6.45) is 6.94. The fourth-order valence-corrected chi connectivity index (χ4v) is 4.35. The lowest BCUT2D eigenvalue weighted by Crippen LogP contribution is -2.37. The summed E-state index contributed by atoms with van der Waals surface area (Å²) in [5.74, 6) is 3.15. The highest BCUT2D eigenvalue weighted by atomic mass is 16.5. The standard InChI is InChI=1S/C19H29N7O/c1-2-15(18-16(10-20-23-18)12-25-6-8-27-9-7-25)11-26(5-1)13-17-21-19(24-22-17)14-3-4-14/h10,14-15H,1-9,11-13H2,(H,20,23)(H,21,22,24). The van der Waals surface area contributed by atoms with Gasteiger partial charge in [0.05, 0.1) is 26.0 Å². The van der Waals surface area contributed by atoms with Gasteiger partial charge in [0, 0.05) is 49.3 Å². The van der Waals surface area contributed by atoms with Gasteiger partial charge in [0.1, 0.15) is 5.82 Å². The highest BCUT2D eigenvalue weighted by Gasteiger charge is 2.29. The van der Waals surface area contributed by atoms with Gasteiger partial charge in [0.2, 0.25) is 0 Å². The fraction of sp³-hybridized carbons (Fsp3) is 0.737. The minimum atomic E-state index is 0.517. The number of aromatic nitrogens is 5. The van der Waals surface area contributed by atoms with Crippen molar-refractivity contribution in [1.82, 2.24) is 35.2 Å². The largest absolute Gasteiger partial charge is 0.379 e. The molecule has 0 radical (unpaired) electrons. The molecule has 0 bridgehead atoms. The molecule has 5 rings (SSSR count). The molecule has 0 spiro atoms. The summed E-state index contributed by atoms with van der Waals surface area (Å²) < 4.78 is 5.47. The van der Waals surface area contributed by atoms with Crippen molar-refractivity contribution in [3.63, 3.8) is 0 Å². The first-order valence-corrected chi connectivity index (χ1v) is 10.3. The summed E-state index contributed by atoms with van der Waals surface area (Å²) in [5.41, 5.74) is 2.67. The Labute approximate surface area is 159 Å². The van der Waals surface area contributed by atoms with Gasteiger partial charge in [-0.05, 0) is 32.2 Å². The van der Waals surface area contributed by atoms with Crippen LogP contribution in [0.5, 0.6) is 0 Å². The number of nitrogens with one attached hydrogen (secondary N) is 2. The zero-order valence-corrected chi connectivity index (χ0v) is 15.9. The second-order valence-corrected chi connectivity index (χ2v) is 8.19. The number of morpholine rings is 1. The average Bonchev–Trinajstić information content (AvgIpc) is 3.27. The maximum Gasteiger partial charge on any atom is 0.153 e. The van der Waals surface area contributed by atoms with E-state index in [-0.39, 0.29) is 0 Å².